The molecule has 0 saturated heterocycles. The molecule has 34 heavy (non-hydrogen) atoms. The fourth-order valence-electron chi connectivity index (χ4n) is 3.52. The maximum absolute atomic E-state index is 13.8. The van der Waals surface area contributed by atoms with Crippen LogP contribution in [0.4, 0.5) is 28.2 Å². The van der Waals surface area contributed by atoms with E-state index in [9.17, 15) is 22.4 Å². The lowest BCUT2D eigenvalue weighted by molar-refractivity contribution is -0.0648. The van der Waals surface area contributed by atoms with Gasteiger partial charge in [-0.2, -0.15) is 4.98 Å². The highest BCUT2D eigenvalue weighted by Gasteiger charge is 2.37. The van der Waals surface area contributed by atoms with Crippen molar-refractivity contribution in [1.29, 1.82) is 0 Å². The first-order valence-electron chi connectivity index (χ1n) is 11.1. The van der Waals surface area contributed by atoms with Crippen LogP contribution >= 0.6 is 22.6 Å². The van der Waals surface area contributed by atoms with Gasteiger partial charge in [0.25, 0.3) is 5.89 Å². The topological polar surface area (TPSA) is 81.4 Å². The van der Waals surface area contributed by atoms with Crippen LogP contribution < -0.4 is 4.90 Å². The van der Waals surface area contributed by atoms with Crippen molar-refractivity contribution in [2.75, 3.05) is 11.4 Å². The number of unbranched alkanes of at least 4 members (excludes halogenated alkanes) is 2. The van der Waals surface area contributed by atoms with Crippen molar-refractivity contribution in [3.05, 3.63) is 33.4 Å². The highest BCUT2D eigenvalue weighted by atomic mass is 127. The average molecular weight is 598 g/mol. The number of halogens is 5. The minimum atomic E-state index is -2.73. The average Bonchev–Trinajstić information content (AvgIpc) is 3.24. The zero-order valence-electron chi connectivity index (χ0n) is 19.0. The molecular weight excluding hydrogens is 571 g/mol. The van der Waals surface area contributed by atoms with Crippen LogP contribution in [-0.2, 0) is 16.8 Å². The molecule has 0 bridgehead atoms. The molecular formula is C22H27F4IN4O3. The Labute approximate surface area is 208 Å². The van der Waals surface area contributed by atoms with Crippen molar-refractivity contribution >= 4 is 34.5 Å². The van der Waals surface area contributed by atoms with Crippen LogP contribution in [-0.4, -0.2) is 39.8 Å². The van der Waals surface area contributed by atoms with Gasteiger partial charge in [-0.1, -0.05) is 11.6 Å². The number of carbonyl (C=O) groups excluding carboxylic acids is 1. The fourth-order valence-corrected chi connectivity index (χ4v) is 3.93. The van der Waals surface area contributed by atoms with E-state index in [2.05, 4.69) is 15.1 Å². The van der Waals surface area contributed by atoms with E-state index in [0.29, 0.717) is 35.1 Å². The molecule has 0 N–H and O–H groups in total. The monoisotopic (exact) mass is 598 g/mol. The molecule has 0 spiro atoms. The highest BCUT2D eigenvalue weighted by molar-refractivity contribution is 14.1. The smallest absolute Gasteiger partial charge is 0.415 e. The van der Waals surface area contributed by atoms with Crippen LogP contribution in [0.15, 0.2) is 16.8 Å². The van der Waals surface area contributed by atoms with Gasteiger partial charge < -0.3 is 9.26 Å². The maximum atomic E-state index is 13.8. The second kappa shape index (κ2) is 11.2. The molecule has 1 aliphatic rings. The minimum absolute atomic E-state index is 0.0751. The van der Waals surface area contributed by atoms with Gasteiger partial charge in [0, 0.05) is 25.8 Å². The van der Waals surface area contributed by atoms with Gasteiger partial charge in [-0.15, -0.1) is 0 Å². The van der Waals surface area contributed by atoms with Gasteiger partial charge in [-0.05, 0) is 68.2 Å². The SMILES string of the molecule is CC(C)(F)c1nc(CCCCCN(C(=O)OC2CCC(F)(F)CC2)c2cc(I)c(F)cn2)no1. The Balaban J connectivity index is 1.56. The Kier molecular flexibility index (Phi) is 8.74. The summed E-state index contributed by atoms with van der Waals surface area (Å²) in [4.78, 5) is 22.2. The summed E-state index contributed by atoms with van der Waals surface area (Å²) in [6.07, 6.45) is 1.65. The van der Waals surface area contributed by atoms with Crippen LogP contribution in [0.25, 0.3) is 0 Å². The van der Waals surface area contributed by atoms with Crippen molar-refractivity contribution in [3.8, 4) is 0 Å². The maximum Gasteiger partial charge on any atom is 0.415 e. The number of aromatic nitrogens is 3. The lowest BCUT2D eigenvalue weighted by Crippen LogP contribution is -2.38. The molecule has 7 nitrogen and oxygen atoms in total. The van der Waals surface area contributed by atoms with Gasteiger partial charge in [-0.3, -0.25) is 4.90 Å². The van der Waals surface area contributed by atoms with E-state index in [1.165, 1.54) is 24.8 Å². The number of nitrogens with zero attached hydrogens (tertiary/aromatic N) is 4. The number of pyridine rings is 1. The summed E-state index contributed by atoms with van der Waals surface area (Å²) in [5.41, 5.74) is -1.71. The molecule has 0 unspecified atom stereocenters. The summed E-state index contributed by atoms with van der Waals surface area (Å²) in [6, 6.07) is 1.44. The molecule has 1 aliphatic carbocycles. The predicted octanol–water partition coefficient (Wildman–Crippen LogP) is 6.35. The summed E-state index contributed by atoms with van der Waals surface area (Å²) in [7, 11) is 0. The minimum Gasteiger partial charge on any atom is -0.446 e. The number of anilines is 1. The molecule has 1 fully saturated rings. The standard InChI is InChI=1S/C22H27F4IN4O3/c1-21(2,24)19-29-17(30-34-19)6-4-3-5-11-31(18-12-16(27)15(23)13-28-18)20(32)33-14-7-9-22(25,26)10-8-14/h12-14H,3-11H2,1-2H3. The van der Waals surface area contributed by atoms with Crippen LogP contribution in [0.5, 0.6) is 0 Å². The first-order chi connectivity index (χ1) is 15.9. The van der Waals surface area contributed by atoms with Crippen LogP contribution in [0.2, 0.25) is 0 Å². The molecule has 0 radical (unpaired) electrons. The van der Waals surface area contributed by atoms with Gasteiger partial charge in [0.05, 0.1) is 9.77 Å². The lowest BCUT2D eigenvalue weighted by Gasteiger charge is -2.30. The first kappa shape index (κ1) is 26.6. The van der Waals surface area contributed by atoms with Gasteiger partial charge >= 0.3 is 6.09 Å². The lowest BCUT2D eigenvalue weighted by atomic mass is 9.94. The molecule has 0 atom stereocenters. The summed E-state index contributed by atoms with van der Waals surface area (Å²) in [6.45, 7) is 2.91. The predicted molar refractivity (Wildman–Crippen MR) is 124 cm³/mol. The molecule has 0 aliphatic heterocycles. The summed E-state index contributed by atoms with van der Waals surface area (Å²) < 4.78 is 65.1. The summed E-state index contributed by atoms with van der Waals surface area (Å²) in [5.74, 6) is -2.68. The Morgan fingerprint density at radius 1 is 1.29 bits per heavy atom. The van der Waals surface area contributed by atoms with E-state index in [1.807, 2.05) is 0 Å². The Hall–Kier alpha value is -1.99. The third kappa shape index (κ3) is 7.51. The Bertz CT molecular complexity index is 973. The second-order valence-electron chi connectivity index (χ2n) is 8.85. The summed E-state index contributed by atoms with van der Waals surface area (Å²) in [5, 5.41) is 3.77. The number of hydrogen-bond donors (Lipinski definition) is 0. The molecule has 188 valence electrons. The van der Waals surface area contributed by atoms with E-state index in [0.717, 1.165) is 6.20 Å². The van der Waals surface area contributed by atoms with Gasteiger partial charge in [0.2, 0.25) is 5.92 Å². The van der Waals surface area contributed by atoms with Crippen LogP contribution in [0, 0.1) is 9.39 Å². The molecule has 1 amide bonds. The van der Waals surface area contributed by atoms with E-state index in [4.69, 9.17) is 9.26 Å². The largest absolute Gasteiger partial charge is 0.446 e. The number of alkyl halides is 3. The van der Waals surface area contributed by atoms with Crippen LogP contribution in [0.3, 0.4) is 0 Å². The third-order valence-corrected chi connectivity index (χ3v) is 6.31. The Morgan fingerprint density at radius 2 is 2.00 bits per heavy atom. The van der Waals surface area contributed by atoms with Crippen molar-refractivity contribution in [1.82, 2.24) is 15.1 Å². The normalized spacial score (nSPS) is 16.4. The van der Waals surface area contributed by atoms with Crippen molar-refractivity contribution in [2.24, 2.45) is 0 Å². The van der Waals surface area contributed by atoms with Crippen molar-refractivity contribution in [3.63, 3.8) is 0 Å². The number of ether oxygens (including phenoxy) is 1. The molecule has 2 aromatic heterocycles. The number of amides is 1. The first-order valence-corrected chi connectivity index (χ1v) is 12.2. The van der Waals surface area contributed by atoms with Gasteiger partial charge in [-0.25, -0.2) is 27.3 Å². The van der Waals surface area contributed by atoms with E-state index in [-0.39, 0.29) is 43.9 Å². The molecule has 12 heteroatoms. The fraction of sp³-hybridized carbons (Fsp3) is 0.636. The van der Waals surface area contributed by atoms with E-state index >= 15 is 0 Å². The van der Waals surface area contributed by atoms with Crippen LogP contribution in [0.1, 0.15) is 70.5 Å². The third-order valence-electron chi connectivity index (χ3n) is 5.48. The summed E-state index contributed by atoms with van der Waals surface area (Å²) >= 11 is 1.80. The quantitative estimate of drug-likeness (QED) is 0.190. The van der Waals surface area contributed by atoms with Gasteiger partial charge in [0.1, 0.15) is 11.9 Å². The molecule has 2 heterocycles. The second-order valence-corrected chi connectivity index (χ2v) is 10.0. The van der Waals surface area contributed by atoms with E-state index in [1.54, 1.807) is 22.6 Å². The number of hydrogen-bond acceptors (Lipinski definition) is 6. The van der Waals surface area contributed by atoms with Crippen molar-refractivity contribution in [2.45, 2.75) is 82.9 Å². The number of aryl methyl sites for hydroxylation is 1. The zero-order valence-corrected chi connectivity index (χ0v) is 21.2. The molecule has 2 aromatic rings. The number of carbonyl (C=O) groups is 1. The Morgan fingerprint density at radius 3 is 2.62 bits per heavy atom. The number of rotatable bonds is 9. The molecule has 0 aromatic carbocycles. The highest BCUT2D eigenvalue weighted by Crippen LogP contribution is 2.34. The van der Waals surface area contributed by atoms with E-state index < -0.39 is 29.6 Å². The molecule has 3 rings (SSSR count). The van der Waals surface area contributed by atoms with Crippen molar-refractivity contribution < 1.29 is 31.6 Å². The van der Waals surface area contributed by atoms with Gasteiger partial charge in [0.15, 0.2) is 17.3 Å². The zero-order chi connectivity index (χ0) is 24.9. The molecule has 1 saturated carbocycles.